The maximum Gasteiger partial charge on any atom is 0.459 e. The number of allylic oxidation sites excluding steroid dienone is 3. The fourth-order valence-electron chi connectivity index (χ4n) is 0.928. The van der Waals surface area contributed by atoms with Gasteiger partial charge >= 0.3 is 12.1 Å². The van der Waals surface area contributed by atoms with Gasteiger partial charge in [0.25, 0.3) is 0 Å². The van der Waals surface area contributed by atoms with Gasteiger partial charge in [-0.3, -0.25) is 10.9 Å². The Morgan fingerprint density at radius 3 is 2.12 bits per heavy atom. The molecule has 3 nitrogen and oxygen atoms in total. The average Bonchev–Trinajstić information content (AvgIpc) is 2.15. The fraction of sp³-hybridized carbons (Fsp3) is 0.429. The summed E-state index contributed by atoms with van der Waals surface area (Å²) in [7, 11) is 1.48. The minimum absolute atomic E-state index is 0.0627. The van der Waals surface area contributed by atoms with Gasteiger partial charge in [0.1, 0.15) is 11.5 Å². The van der Waals surface area contributed by atoms with Crippen molar-refractivity contribution in [1.82, 2.24) is 16.2 Å². The highest BCUT2D eigenvalue weighted by molar-refractivity contribution is 9.11. The van der Waals surface area contributed by atoms with E-state index in [9.17, 15) is 22.0 Å². The van der Waals surface area contributed by atoms with Crippen LogP contribution in [-0.4, -0.2) is 19.1 Å². The summed E-state index contributed by atoms with van der Waals surface area (Å²) in [5.74, 6) is -4.68. The predicted molar refractivity (Wildman–Crippen MR) is 50.4 cm³/mol. The summed E-state index contributed by atoms with van der Waals surface area (Å²) in [5.41, 5.74) is 2.69. The summed E-state index contributed by atoms with van der Waals surface area (Å²) >= 11 is 2.85. The van der Waals surface area contributed by atoms with Crippen molar-refractivity contribution >= 4 is 15.9 Å². The van der Waals surface area contributed by atoms with E-state index in [1.165, 1.54) is 7.05 Å². The minimum Gasteiger partial charge on any atom is -0.373 e. The van der Waals surface area contributed by atoms with Crippen molar-refractivity contribution in [2.75, 3.05) is 7.05 Å². The predicted octanol–water partition coefficient (Wildman–Crippen LogP) is 1.96. The van der Waals surface area contributed by atoms with Crippen LogP contribution in [0.4, 0.5) is 22.0 Å². The molecule has 0 aliphatic carbocycles. The highest BCUT2D eigenvalue weighted by atomic mass is 79.9. The summed E-state index contributed by atoms with van der Waals surface area (Å²) in [5, 5.41) is 2.55. The monoisotopic (exact) mass is 307 g/mol. The van der Waals surface area contributed by atoms with Gasteiger partial charge in [0.15, 0.2) is 0 Å². The van der Waals surface area contributed by atoms with Crippen molar-refractivity contribution in [2.24, 2.45) is 0 Å². The molecule has 0 spiro atoms. The van der Waals surface area contributed by atoms with Crippen molar-refractivity contribution in [3.05, 3.63) is 22.1 Å². The van der Waals surface area contributed by atoms with Gasteiger partial charge in [0.05, 0.1) is 4.48 Å². The van der Waals surface area contributed by atoms with Crippen LogP contribution >= 0.6 is 15.9 Å². The van der Waals surface area contributed by atoms with Crippen LogP contribution in [0.1, 0.15) is 0 Å². The largest absolute Gasteiger partial charge is 0.459 e. The topological polar surface area (TPSA) is 36.1 Å². The number of hydrogen-bond donors (Lipinski definition) is 3. The molecule has 1 aliphatic heterocycles. The van der Waals surface area contributed by atoms with Crippen LogP contribution in [0.2, 0.25) is 0 Å². The molecule has 0 atom stereocenters. The molecule has 0 radical (unpaired) electrons. The third-order valence-corrected chi connectivity index (χ3v) is 2.40. The first kappa shape index (κ1) is 13.1. The Bertz CT molecular complexity index is 346. The van der Waals surface area contributed by atoms with Crippen LogP contribution in [-0.2, 0) is 0 Å². The van der Waals surface area contributed by atoms with Gasteiger partial charge in [-0.05, 0) is 22.0 Å². The smallest absolute Gasteiger partial charge is 0.373 e. The van der Waals surface area contributed by atoms with Crippen molar-refractivity contribution in [1.29, 1.82) is 0 Å². The Kier molecular flexibility index (Phi) is 3.36. The average molecular weight is 308 g/mol. The standard InChI is InChI=1S/C7H7BrF5N3/c1-14-5-3(8)2-4(15-16-5)6(9,10)7(11,12)13/h2,14-16H,1H3. The Morgan fingerprint density at radius 2 is 1.75 bits per heavy atom. The molecule has 0 bridgehead atoms. The van der Waals surface area contributed by atoms with Gasteiger partial charge in [0.2, 0.25) is 0 Å². The molecule has 0 saturated carbocycles. The third kappa shape index (κ3) is 2.23. The zero-order chi connectivity index (χ0) is 12.6. The zero-order valence-corrected chi connectivity index (χ0v) is 9.43. The van der Waals surface area contributed by atoms with Gasteiger partial charge < -0.3 is 5.32 Å². The fourth-order valence-corrected chi connectivity index (χ4v) is 1.45. The molecule has 0 fully saturated rings. The lowest BCUT2D eigenvalue weighted by Gasteiger charge is -2.27. The quantitative estimate of drug-likeness (QED) is 0.683. The lowest BCUT2D eigenvalue weighted by Crippen LogP contribution is -2.49. The molecule has 0 aromatic heterocycles. The molecule has 0 aromatic carbocycles. The molecule has 3 N–H and O–H groups in total. The summed E-state index contributed by atoms with van der Waals surface area (Å²) in [6, 6.07) is 0. The number of alkyl halides is 5. The van der Waals surface area contributed by atoms with Crippen molar-refractivity contribution in [3.8, 4) is 0 Å². The van der Waals surface area contributed by atoms with Crippen LogP contribution in [0.15, 0.2) is 22.1 Å². The normalized spacial score (nSPS) is 17.6. The molecular weight excluding hydrogens is 301 g/mol. The summed E-state index contributed by atoms with van der Waals surface area (Å²) in [6.45, 7) is 0. The Labute approximate surface area is 95.9 Å². The summed E-state index contributed by atoms with van der Waals surface area (Å²) in [6.07, 6.45) is -4.98. The van der Waals surface area contributed by atoms with Gasteiger partial charge in [-0.25, -0.2) is 0 Å². The maximum absolute atomic E-state index is 12.9. The number of nitrogens with one attached hydrogen (secondary N) is 3. The second kappa shape index (κ2) is 4.11. The molecule has 0 amide bonds. The van der Waals surface area contributed by atoms with E-state index in [4.69, 9.17) is 0 Å². The molecule has 9 heteroatoms. The van der Waals surface area contributed by atoms with E-state index in [1.54, 1.807) is 5.43 Å². The highest BCUT2D eigenvalue weighted by Gasteiger charge is 2.60. The van der Waals surface area contributed by atoms with Crippen molar-refractivity contribution < 1.29 is 22.0 Å². The van der Waals surface area contributed by atoms with E-state index in [0.717, 1.165) is 0 Å². The second-order valence-electron chi connectivity index (χ2n) is 2.85. The van der Waals surface area contributed by atoms with E-state index in [-0.39, 0.29) is 10.3 Å². The SMILES string of the molecule is CNC1=C(Br)C=C(C(F)(F)C(F)(F)F)NN1. The lowest BCUT2D eigenvalue weighted by molar-refractivity contribution is -0.266. The summed E-state index contributed by atoms with van der Waals surface area (Å²) in [4.78, 5) is 0. The van der Waals surface area contributed by atoms with E-state index in [2.05, 4.69) is 26.7 Å². The molecule has 16 heavy (non-hydrogen) atoms. The van der Waals surface area contributed by atoms with Crippen LogP contribution in [0, 0.1) is 0 Å². The lowest BCUT2D eigenvalue weighted by atomic mass is 10.2. The molecule has 1 rings (SSSR count). The van der Waals surface area contributed by atoms with Gasteiger partial charge in [-0.15, -0.1) is 0 Å². The Morgan fingerprint density at radius 1 is 1.19 bits per heavy atom. The van der Waals surface area contributed by atoms with E-state index in [0.29, 0.717) is 6.08 Å². The second-order valence-corrected chi connectivity index (χ2v) is 3.71. The zero-order valence-electron chi connectivity index (χ0n) is 7.85. The molecule has 1 heterocycles. The summed E-state index contributed by atoms with van der Waals surface area (Å²) < 4.78 is 61.8. The van der Waals surface area contributed by atoms with Gasteiger partial charge in [0, 0.05) is 7.05 Å². The molecule has 0 saturated heterocycles. The molecule has 1 aliphatic rings. The number of halogens is 6. The first-order valence-electron chi connectivity index (χ1n) is 3.96. The minimum atomic E-state index is -5.64. The van der Waals surface area contributed by atoms with Crippen LogP contribution in [0.3, 0.4) is 0 Å². The van der Waals surface area contributed by atoms with Crippen molar-refractivity contribution in [2.45, 2.75) is 12.1 Å². The Hall–Kier alpha value is -0.990. The number of rotatable bonds is 2. The Balaban J connectivity index is 3.05. The maximum atomic E-state index is 12.9. The van der Waals surface area contributed by atoms with Gasteiger partial charge in [-0.2, -0.15) is 22.0 Å². The van der Waals surface area contributed by atoms with Crippen LogP contribution in [0.25, 0.3) is 0 Å². The van der Waals surface area contributed by atoms with E-state index >= 15 is 0 Å². The van der Waals surface area contributed by atoms with Crippen LogP contribution < -0.4 is 16.2 Å². The molecular formula is C7H7BrF5N3. The van der Waals surface area contributed by atoms with Gasteiger partial charge in [-0.1, -0.05) is 0 Å². The van der Waals surface area contributed by atoms with Crippen LogP contribution in [0.5, 0.6) is 0 Å². The highest BCUT2D eigenvalue weighted by Crippen LogP contribution is 2.41. The number of hydrogen-bond acceptors (Lipinski definition) is 3. The van der Waals surface area contributed by atoms with E-state index < -0.39 is 17.8 Å². The van der Waals surface area contributed by atoms with E-state index in [1.807, 2.05) is 0 Å². The third-order valence-electron chi connectivity index (χ3n) is 1.78. The first-order valence-corrected chi connectivity index (χ1v) is 4.75. The first-order chi connectivity index (χ1) is 7.20. The number of hydrazine groups is 1. The molecule has 0 aromatic rings. The molecule has 92 valence electrons. The molecule has 0 unspecified atom stereocenters. The van der Waals surface area contributed by atoms with Crippen molar-refractivity contribution in [3.63, 3.8) is 0 Å².